The largest absolute Gasteiger partial charge is 0.392 e. The van der Waals surface area contributed by atoms with Crippen LogP contribution in [0.1, 0.15) is 25.5 Å². The molecule has 0 saturated heterocycles. The molecule has 2 atom stereocenters. The maximum absolute atomic E-state index is 9.11. The van der Waals surface area contributed by atoms with E-state index in [1.165, 1.54) is 5.56 Å². The molecule has 14 heavy (non-hydrogen) atoms. The van der Waals surface area contributed by atoms with E-state index in [1.807, 2.05) is 24.3 Å². The fraction of sp³-hybridized carbons (Fsp3) is 0.455. The van der Waals surface area contributed by atoms with Crippen molar-refractivity contribution < 1.29 is 5.11 Å². The van der Waals surface area contributed by atoms with Crippen LogP contribution in [0.15, 0.2) is 24.3 Å². The SMILES string of the molecule is C[C@@H](O)CN[C@H](C)c1ccc(Cl)cc1. The van der Waals surface area contributed by atoms with Gasteiger partial charge in [-0.3, -0.25) is 0 Å². The van der Waals surface area contributed by atoms with Gasteiger partial charge in [0.25, 0.3) is 0 Å². The van der Waals surface area contributed by atoms with Gasteiger partial charge in [0.2, 0.25) is 0 Å². The number of benzene rings is 1. The zero-order valence-electron chi connectivity index (χ0n) is 8.50. The molecular weight excluding hydrogens is 198 g/mol. The van der Waals surface area contributed by atoms with Crippen molar-refractivity contribution >= 4 is 11.6 Å². The third-order valence-corrected chi connectivity index (χ3v) is 2.34. The van der Waals surface area contributed by atoms with Crippen molar-refractivity contribution in [2.45, 2.75) is 26.0 Å². The standard InChI is InChI=1S/C11H16ClNO/c1-8(14)7-13-9(2)10-3-5-11(12)6-4-10/h3-6,8-9,13-14H,7H2,1-2H3/t8-,9-/m1/s1. The van der Waals surface area contributed by atoms with Crippen molar-refractivity contribution in [1.82, 2.24) is 5.32 Å². The normalized spacial score (nSPS) is 15.1. The van der Waals surface area contributed by atoms with E-state index in [9.17, 15) is 0 Å². The van der Waals surface area contributed by atoms with Crippen LogP contribution in [0, 0.1) is 0 Å². The molecule has 1 aromatic carbocycles. The number of hydrogen-bond acceptors (Lipinski definition) is 2. The maximum atomic E-state index is 9.11. The highest BCUT2D eigenvalue weighted by Gasteiger charge is 2.05. The molecule has 0 fully saturated rings. The number of aliphatic hydroxyl groups is 1. The molecule has 0 amide bonds. The Balaban J connectivity index is 2.52. The van der Waals surface area contributed by atoms with E-state index in [2.05, 4.69) is 12.2 Å². The van der Waals surface area contributed by atoms with Gasteiger partial charge in [0.15, 0.2) is 0 Å². The summed E-state index contributed by atoms with van der Waals surface area (Å²) in [6.07, 6.45) is -0.315. The number of nitrogens with one attached hydrogen (secondary N) is 1. The quantitative estimate of drug-likeness (QED) is 0.805. The molecule has 2 nitrogen and oxygen atoms in total. The first kappa shape index (κ1) is 11.5. The molecule has 0 saturated carbocycles. The van der Waals surface area contributed by atoms with Gasteiger partial charge >= 0.3 is 0 Å². The van der Waals surface area contributed by atoms with Gasteiger partial charge in [-0.15, -0.1) is 0 Å². The van der Waals surface area contributed by atoms with E-state index in [4.69, 9.17) is 16.7 Å². The highest BCUT2D eigenvalue weighted by molar-refractivity contribution is 6.30. The molecular formula is C11H16ClNO. The smallest absolute Gasteiger partial charge is 0.0636 e. The zero-order valence-corrected chi connectivity index (χ0v) is 9.25. The molecule has 2 N–H and O–H groups in total. The molecule has 0 spiro atoms. The summed E-state index contributed by atoms with van der Waals surface area (Å²) >= 11 is 5.78. The lowest BCUT2D eigenvalue weighted by molar-refractivity contribution is 0.187. The fourth-order valence-electron chi connectivity index (χ4n) is 1.22. The first-order chi connectivity index (χ1) is 6.59. The Labute approximate surface area is 89.9 Å². The Morgan fingerprint density at radius 1 is 1.29 bits per heavy atom. The summed E-state index contributed by atoms with van der Waals surface area (Å²) in [5.74, 6) is 0. The summed E-state index contributed by atoms with van der Waals surface area (Å²) < 4.78 is 0. The van der Waals surface area contributed by atoms with Crippen molar-refractivity contribution in [1.29, 1.82) is 0 Å². The fourth-order valence-corrected chi connectivity index (χ4v) is 1.34. The van der Waals surface area contributed by atoms with Crippen molar-refractivity contribution in [2.24, 2.45) is 0 Å². The van der Waals surface area contributed by atoms with Gasteiger partial charge in [-0.2, -0.15) is 0 Å². The molecule has 0 radical (unpaired) electrons. The zero-order chi connectivity index (χ0) is 10.6. The second-order valence-corrected chi connectivity index (χ2v) is 3.97. The summed E-state index contributed by atoms with van der Waals surface area (Å²) in [7, 11) is 0. The van der Waals surface area contributed by atoms with Crippen LogP contribution in [0.5, 0.6) is 0 Å². The van der Waals surface area contributed by atoms with Gasteiger partial charge < -0.3 is 10.4 Å². The molecule has 0 aromatic heterocycles. The number of rotatable bonds is 4. The van der Waals surface area contributed by atoms with E-state index in [1.54, 1.807) is 6.92 Å². The molecule has 3 heteroatoms. The number of hydrogen-bond donors (Lipinski definition) is 2. The Hall–Kier alpha value is -0.570. The van der Waals surface area contributed by atoms with Crippen molar-refractivity contribution in [2.75, 3.05) is 6.54 Å². The van der Waals surface area contributed by atoms with Gasteiger partial charge in [0, 0.05) is 17.6 Å². The highest BCUT2D eigenvalue weighted by atomic mass is 35.5. The topological polar surface area (TPSA) is 32.3 Å². The summed E-state index contributed by atoms with van der Waals surface area (Å²) in [6, 6.07) is 7.96. The first-order valence-electron chi connectivity index (χ1n) is 4.76. The molecule has 0 aliphatic carbocycles. The summed E-state index contributed by atoms with van der Waals surface area (Å²) in [5, 5.41) is 13.1. The molecule has 0 aliphatic rings. The van der Waals surface area contributed by atoms with E-state index in [0.29, 0.717) is 6.54 Å². The van der Waals surface area contributed by atoms with E-state index in [-0.39, 0.29) is 12.1 Å². The van der Waals surface area contributed by atoms with Crippen LogP contribution in [0.4, 0.5) is 0 Å². The monoisotopic (exact) mass is 213 g/mol. The molecule has 1 aromatic rings. The van der Waals surface area contributed by atoms with Crippen LogP contribution in [-0.4, -0.2) is 17.8 Å². The van der Waals surface area contributed by atoms with Gasteiger partial charge in [0.05, 0.1) is 6.10 Å². The molecule has 0 bridgehead atoms. The van der Waals surface area contributed by atoms with Crippen LogP contribution in [0.2, 0.25) is 5.02 Å². The average molecular weight is 214 g/mol. The van der Waals surface area contributed by atoms with Crippen molar-refractivity contribution in [3.63, 3.8) is 0 Å². The minimum absolute atomic E-state index is 0.238. The first-order valence-corrected chi connectivity index (χ1v) is 5.14. The van der Waals surface area contributed by atoms with Gasteiger partial charge in [-0.1, -0.05) is 23.7 Å². The van der Waals surface area contributed by atoms with Crippen LogP contribution in [-0.2, 0) is 0 Å². The third-order valence-electron chi connectivity index (χ3n) is 2.09. The number of aliphatic hydroxyl groups excluding tert-OH is 1. The lowest BCUT2D eigenvalue weighted by atomic mass is 10.1. The van der Waals surface area contributed by atoms with Crippen LogP contribution < -0.4 is 5.32 Å². The van der Waals surface area contributed by atoms with E-state index < -0.39 is 0 Å². The van der Waals surface area contributed by atoms with Gasteiger partial charge in [-0.25, -0.2) is 0 Å². The second-order valence-electron chi connectivity index (χ2n) is 3.53. The molecule has 1 rings (SSSR count). The summed E-state index contributed by atoms with van der Waals surface area (Å²) in [4.78, 5) is 0. The Morgan fingerprint density at radius 2 is 1.86 bits per heavy atom. The van der Waals surface area contributed by atoms with E-state index in [0.717, 1.165) is 5.02 Å². The lowest BCUT2D eigenvalue weighted by Crippen LogP contribution is -2.27. The predicted octanol–water partition coefficient (Wildman–Crippen LogP) is 2.37. The maximum Gasteiger partial charge on any atom is 0.0636 e. The van der Waals surface area contributed by atoms with Gasteiger partial charge in [-0.05, 0) is 31.5 Å². The molecule has 0 unspecified atom stereocenters. The predicted molar refractivity (Wildman–Crippen MR) is 59.6 cm³/mol. The number of halogens is 1. The Bertz CT molecular complexity index is 271. The Morgan fingerprint density at radius 3 is 2.36 bits per heavy atom. The second kappa shape index (κ2) is 5.35. The van der Waals surface area contributed by atoms with Crippen molar-refractivity contribution in [3.8, 4) is 0 Å². The summed E-state index contributed by atoms with van der Waals surface area (Å²) in [6.45, 7) is 4.43. The van der Waals surface area contributed by atoms with Crippen LogP contribution in [0.3, 0.4) is 0 Å². The summed E-state index contributed by atoms with van der Waals surface area (Å²) in [5.41, 5.74) is 1.18. The van der Waals surface area contributed by atoms with Crippen LogP contribution >= 0.6 is 11.6 Å². The third kappa shape index (κ3) is 3.66. The molecule has 0 heterocycles. The van der Waals surface area contributed by atoms with E-state index >= 15 is 0 Å². The van der Waals surface area contributed by atoms with Gasteiger partial charge in [0.1, 0.15) is 0 Å². The minimum Gasteiger partial charge on any atom is -0.392 e. The van der Waals surface area contributed by atoms with Crippen LogP contribution in [0.25, 0.3) is 0 Å². The lowest BCUT2D eigenvalue weighted by Gasteiger charge is -2.15. The minimum atomic E-state index is -0.315. The molecule has 0 aliphatic heterocycles. The average Bonchev–Trinajstić information content (AvgIpc) is 2.15. The highest BCUT2D eigenvalue weighted by Crippen LogP contribution is 2.15. The molecule has 78 valence electrons. The Kier molecular flexibility index (Phi) is 4.39. The van der Waals surface area contributed by atoms with Crippen molar-refractivity contribution in [3.05, 3.63) is 34.9 Å².